The second kappa shape index (κ2) is 10.4. The summed E-state index contributed by atoms with van der Waals surface area (Å²) in [5.41, 5.74) is 2.51. The van der Waals surface area contributed by atoms with E-state index in [1.807, 2.05) is 9.80 Å². The van der Waals surface area contributed by atoms with Crippen molar-refractivity contribution in [2.45, 2.75) is 64.0 Å². The lowest BCUT2D eigenvalue weighted by atomic mass is 9.83. The average molecular weight is 483 g/mol. The Labute approximate surface area is 205 Å². The van der Waals surface area contributed by atoms with Gasteiger partial charge in [0, 0.05) is 56.5 Å². The van der Waals surface area contributed by atoms with Gasteiger partial charge in [-0.15, -0.1) is 11.3 Å². The molecule has 1 N–H and O–H groups in total. The number of hydrogen-bond donors (Lipinski definition) is 1. The van der Waals surface area contributed by atoms with Crippen LogP contribution in [-0.2, 0) is 24.2 Å². The fourth-order valence-corrected chi connectivity index (χ4v) is 6.77. The molecule has 1 aromatic carbocycles. The van der Waals surface area contributed by atoms with Crippen LogP contribution in [0.3, 0.4) is 0 Å². The third-order valence-corrected chi connectivity index (χ3v) is 8.81. The number of carboxylic acid groups (broad SMARTS) is 1. The lowest BCUT2D eigenvalue weighted by molar-refractivity contribution is -0.137. The molecule has 1 aromatic heterocycles. The highest BCUT2D eigenvalue weighted by Gasteiger charge is 2.38. The number of carbonyl (C=O) groups excluding carboxylic acids is 1. The van der Waals surface area contributed by atoms with E-state index in [9.17, 15) is 9.59 Å². The van der Waals surface area contributed by atoms with Gasteiger partial charge in [-0.3, -0.25) is 14.6 Å². The van der Waals surface area contributed by atoms with Crippen LogP contribution in [-0.4, -0.2) is 64.1 Å². The molecule has 3 heterocycles. The van der Waals surface area contributed by atoms with Gasteiger partial charge in [-0.25, -0.2) is 9.78 Å². The molecule has 2 amide bonds. The third kappa shape index (κ3) is 5.28. The third-order valence-electron chi connectivity index (χ3n) is 7.63. The zero-order valence-electron chi connectivity index (χ0n) is 19.7. The molecule has 3 aliphatic rings. The number of aliphatic carboxylic acids is 1. The highest BCUT2D eigenvalue weighted by atomic mass is 32.1. The number of thiazole rings is 1. The topological polar surface area (TPSA) is 77.0 Å². The van der Waals surface area contributed by atoms with Crippen LogP contribution in [0.15, 0.2) is 30.3 Å². The van der Waals surface area contributed by atoms with Gasteiger partial charge in [0.2, 0.25) is 0 Å². The summed E-state index contributed by atoms with van der Waals surface area (Å²) < 4.78 is 0. The maximum atomic E-state index is 13.3. The molecule has 182 valence electrons. The molecule has 1 aliphatic carbocycles. The predicted molar refractivity (Wildman–Crippen MR) is 133 cm³/mol. The number of carbonyl (C=O) groups is 2. The van der Waals surface area contributed by atoms with E-state index in [2.05, 4.69) is 35.2 Å². The zero-order chi connectivity index (χ0) is 23.5. The summed E-state index contributed by atoms with van der Waals surface area (Å²) in [7, 11) is 0. The minimum Gasteiger partial charge on any atom is -0.481 e. The summed E-state index contributed by atoms with van der Waals surface area (Å²) in [5, 5.41) is 9.79. The molecule has 0 unspecified atom stereocenters. The van der Waals surface area contributed by atoms with Gasteiger partial charge in [-0.2, -0.15) is 0 Å². The van der Waals surface area contributed by atoms with Crippen molar-refractivity contribution in [1.29, 1.82) is 0 Å². The molecule has 2 aliphatic heterocycles. The Kier molecular flexibility index (Phi) is 7.15. The van der Waals surface area contributed by atoms with Gasteiger partial charge in [0.1, 0.15) is 0 Å². The molecule has 7 nitrogen and oxygen atoms in total. The highest BCUT2D eigenvalue weighted by molar-refractivity contribution is 7.16. The molecule has 2 fully saturated rings. The number of hydrogen-bond acceptors (Lipinski definition) is 5. The second-order valence-electron chi connectivity index (χ2n) is 9.86. The Morgan fingerprint density at radius 2 is 1.79 bits per heavy atom. The summed E-state index contributed by atoms with van der Waals surface area (Å²) in [6, 6.07) is 11.0. The van der Waals surface area contributed by atoms with Gasteiger partial charge < -0.3 is 10.0 Å². The number of nitrogens with zero attached hydrogens (tertiary/aromatic N) is 4. The van der Waals surface area contributed by atoms with E-state index >= 15 is 0 Å². The van der Waals surface area contributed by atoms with E-state index in [1.165, 1.54) is 16.1 Å². The van der Waals surface area contributed by atoms with Crippen molar-refractivity contribution in [2.24, 2.45) is 5.92 Å². The first-order valence-electron chi connectivity index (χ1n) is 12.6. The largest absolute Gasteiger partial charge is 0.481 e. The van der Waals surface area contributed by atoms with Gasteiger partial charge in [0.05, 0.1) is 5.69 Å². The summed E-state index contributed by atoms with van der Waals surface area (Å²) in [4.78, 5) is 36.8. The van der Waals surface area contributed by atoms with Crippen molar-refractivity contribution in [3.05, 3.63) is 46.5 Å². The predicted octanol–water partition coefficient (Wildman–Crippen LogP) is 4.41. The number of rotatable bonds is 7. The molecule has 1 saturated carbocycles. The van der Waals surface area contributed by atoms with E-state index in [0.29, 0.717) is 12.5 Å². The molecule has 0 atom stereocenters. The number of benzene rings is 1. The molecule has 34 heavy (non-hydrogen) atoms. The molecule has 0 bridgehead atoms. The molecule has 5 rings (SSSR count). The molecule has 0 spiro atoms. The van der Waals surface area contributed by atoms with Gasteiger partial charge >= 0.3 is 12.0 Å². The zero-order valence-corrected chi connectivity index (χ0v) is 20.5. The van der Waals surface area contributed by atoms with E-state index in [1.54, 1.807) is 11.3 Å². The van der Waals surface area contributed by atoms with Gasteiger partial charge in [0.25, 0.3) is 0 Å². The molecular formula is C26H34N4O3S. The first-order chi connectivity index (χ1) is 16.6. The van der Waals surface area contributed by atoms with E-state index < -0.39 is 5.97 Å². The lowest BCUT2D eigenvalue weighted by Crippen LogP contribution is -2.41. The summed E-state index contributed by atoms with van der Waals surface area (Å²) >= 11 is 1.70. The van der Waals surface area contributed by atoms with Crippen LogP contribution in [0.2, 0.25) is 0 Å². The first-order valence-corrected chi connectivity index (χ1v) is 13.4. The molecule has 8 heteroatoms. The number of carboxylic acids is 1. The number of amides is 2. The monoisotopic (exact) mass is 482 g/mol. The average Bonchev–Trinajstić information content (AvgIpc) is 3.38. The van der Waals surface area contributed by atoms with E-state index in [0.717, 1.165) is 76.3 Å². The lowest BCUT2D eigenvalue weighted by Gasteiger charge is -2.34. The van der Waals surface area contributed by atoms with Crippen LogP contribution < -0.4 is 4.90 Å². The Bertz CT molecular complexity index is 977. The van der Waals surface area contributed by atoms with Crippen LogP contribution in [0.1, 0.15) is 54.7 Å². The minimum absolute atomic E-state index is 0.101. The molecule has 2 aromatic rings. The van der Waals surface area contributed by atoms with E-state index in [-0.39, 0.29) is 18.5 Å². The minimum atomic E-state index is -0.710. The van der Waals surface area contributed by atoms with Crippen LogP contribution >= 0.6 is 11.3 Å². The van der Waals surface area contributed by atoms with Crippen LogP contribution in [0.4, 0.5) is 9.93 Å². The smallest absolute Gasteiger partial charge is 0.326 e. The summed E-state index contributed by atoms with van der Waals surface area (Å²) in [6.45, 7) is 4.47. The van der Waals surface area contributed by atoms with Crippen molar-refractivity contribution in [3.8, 4) is 0 Å². The van der Waals surface area contributed by atoms with E-state index in [4.69, 9.17) is 10.1 Å². The van der Waals surface area contributed by atoms with Crippen molar-refractivity contribution < 1.29 is 14.7 Å². The summed E-state index contributed by atoms with van der Waals surface area (Å²) in [5.74, 6) is -0.226. The Morgan fingerprint density at radius 1 is 1.03 bits per heavy atom. The van der Waals surface area contributed by atoms with Gasteiger partial charge in [-0.05, 0) is 50.0 Å². The van der Waals surface area contributed by atoms with Crippen LogP contribution in [0.5, 0.6) is 0 Å². The first kappa shape index (κ1) is 23.3. The fourth-order valence-electron chi connectivity index (χ4n) is 5.65. The Balaban J connectivity index is 1.15. The standard InChI is InChI=1S/C26H34N4O3S/c31-24(32)11-8-19-6-9-21(10-7-19)29-16-17-30(26(29)33)25-27-22-12-14-28(15-13-23(22)34-25)18-20-4-2-1-3-5-20/h1-5,19,21H,6-18H2,(H,31,32). The Hall–Kier alpha value is -2.45. The maximum Gasteiger partial charge on any atom is 0.326 e. The quantitative estimate of drug-likeness (QED) is 0.633. The SMILES string of the molecule is O=C(O)CCC1CCC(N2CCN(c3nc4c(s3)CCN(Cc3ccccc3)CC4)C2=O)CC1. The van der Waals surface area contributed by atoms with Gasteiger partial charge in [-0.1, -0.05) is 30.3 Å². The molecule has 1 saturated heterocycles. The molecular weight excluding hydrogens is 448 g/mol. The molecule has 0 radical (unpaired) electrons. The normalized spacial score (nSPS) is 23.7. The van der Waals surface area contributed by atoms with Crippen molar-refractivity contribution >= 4 is 28.5 Å². The van der Waals surface area contributed by atoms with Crippen LogP contribution in [0, 0.1) is 5.92 Å². The van der Waals surface area contributed by atoms with Crippen molar-refractivity contribution in [2.75, 3.05) is 31.1 Å². The highest BCUT2D eigenvalue weighted by Crippen LogP contribution is 2.35. The van der Waals surface area contributed by atoms with Gasteiger partial charge in [0.15, 0.2) is 5.13 Å². The fraction of sp³-hybridized carbons (Fsp3) is 0.577. The van der Waals surface area contributed by atoms with Crippen LogP contribution in [0.25, 0.3) is 0 Å². The second-order valence-corrected chi connectivity index (χ2v) is 10.9. The maximum absolute atomic E-state index is 13.3. The number of aromatic nitrogens is 1. The summed E-state index contributed by atoms with van der Waals surface area (Å²) in [6.07, 6.45) is 6.95. The number of anilines is 1. The Morgan fingerprint density at radius 3 is 2.56 bits per heavy atom. The number of fused-ring (bicyclic) bond motifs is 1. The van der Waals surface area contributed by atoms with Crippen molar-refractivity contribution in [1.82, 2.24) is 14.8 Å². The van der Waals surface area contributed by atoms with Crippen molar-refractivity contribution in [3.63, 3.8) is 0 Å². The number of urea groups is 1.